The number of carbonyl (C=O) groups is 2. The number of nitrogen functional groups attached to an aromatic ring is 1. The molecule has 7 nitrogen and oxygen atoms in total. The Labute approximate surface area is 210 Å². The van der Waals surface area contributed by atoms with Gasteiger partial charge in [-0.05, 0) is 73.1 Å². The maximum Gasteiger partial charge on any atom is 0.237 e. The van der Waals surface area contributed by atoms with Crippen LogP contribution in [0.2, 0.25) is 0 Å². The van der Waals surface area contributed by atoms with Crippen molar-refractivity contribution in [3.8, 4) is 11.1 Å². The maximum absolute atomic E-state index is 13.3. The van der Waals surface area contributed by atoms with Gasteiger partial charge in [0.2, 0.25) is 11.8 Å². The molecule has 1 aliphatic heterocycles. The summed E-state index contributed by atoms with van der Waals surface area (Å²) in [5.74, 6) is -0.250. The van der Waals surface area contributed by atoms with Crippen LogP contribution in [0.5, 0.6) is 0 Å². The fraction of sp³-hybridized carbons (Fsp3) is 0.321. The van der Waals surface area contributed by atoms with Gasteiger partial charge in [0.1, 0.15) is 11.6 Å². The van der Waals surface area contributed by atoms with Crippen molar-refractivity contribution in [3.05, 3.63) is 83.3 Å². The zero-order valence-electron chi connectivity index (χ0n) is 20.6. The summed E-state index contributed by atoms with van der Waals surface area (Å²) in [7, 11) is 0. The second kappa shape index (κ2) is 10.9. The van der Waals surface area contributed by atoms with E-state index in [1.165, 1.54) is 12.1 Å². The number of aryl methyl sites for hydroxylation is 1. The van der Waals surface area contributed by atoms with Crippen LogP contribution in [0.4, 0.5) is 10.2 Å². The second-order valence-electron chi connectivity index (χ2n) is 9.50. The average molecular weight is 490 g/mol. The summed E-state index contributed by atoms with van der Waals surface area (Å²) >= 11 is 0. The van der Waals surface area contributed by atoms with Gasteiger partial charge in [-0.25, -0.2) is 9.37 Å². The van der Waals surface area contributed by atoms with E-state index in [-0.39, 0.29) is 17.6 Å². The summed E-state index contributed by atoms with van der Waals surface area (Å²) in [6, 6.07) is 17.1. The van der Waals surface area contributed by atoms with E-state index in [0.717, 1.165) is 34.4 Å². The number of nitrogens with one attached hydrogen (secondary N) is 1. The van der Waals surface area contributed by atoms with Crippen LogP contribution in [0, 0.1) is 18.7 Å². The molecule has 0 aliphatic carbocycles. The number of hydrogen-bond acceptors (Lipinski definition) is 5. The number of anilines is 1. The van der Waals surface area contributed by atoms with Crippen molar-refractivity contribution in [3.63, 3.8) is 0 Å². The van der Waals surface area contributed by atoms with Crippen molar-refractivity contribution in [1.29, 1.82) is 0 Å². The number of primary amides is 1. The lowest BCUT2D eigenvalue weighted by Gasteiger charge is -2.28. The highest BCUT2D eigenvalue weighted by atomic mass is 19.1. The predicted octanol–water partition coefficient (Wildman–Crippen LogP) is 3.20. The largest absolute Gasteiger partial charge is 0.384 e. The van der Waals surface area contributed by atoms with Gasteiger partial charge in [0.05, 0.1) is 12.1 Å². The smallest absolute Gasteiger partial charge is 0.237 e. The molecule has 2 heterocycles. The van der Waals surface area contributed by atoms with Gasteiger partial charge in [0.15, 0.2) is 0 Å². The predicted molar refractivity (Wildman–Crippen MR) is 138 cm³/mol. The highest BCUT2D eigenvalue weighted by molar-refractivity contribution is 5.84. The van der Waals surface area contributed by atoms with Crippen molar-refractivity contribution in [2.75, 3.05) is 12.3 Å². The first-order valence-corrected chi connectivity index (χ1v) is 12.1. The van der Waals surface area contributed by atoms with Crippen molar-refractivity contribution >= 4 is 17.6 Å². The highest BCUT2D eigenvalue weighted by Gasteiger charge is 2.40. The van der Waals surface area contributed by atoms with E-state index in [1.54, 1.807) is 25.1 Å². The lowest BCUT2D eigenvalue weighted by molar-refractivity contribution is -0.129. The normalized spacial score (nSPS) is 18.6. The van der Waals surface area contributed by atoms with Crippen LogP contribution >= 0.6 is 0 Å². The molecule has 3 aromatic rings. The Balaban J connectivity index is 1.41. The number of likely N-dealkylation sites (tertiary alicyclic amines) is 1. The quantitative estimate of drug-likeness (QED) is 0.450. The van der Waals surface area contributed by atoms with E-state index < -0.39 is 18.0 Å². The first-order valence-electron chi connectivity index (χ1n) is 12.1. The summed E-state index contributed by atoms with van der Waals surface area (Å²) in [6.07, 6.45) is 1.34. The minimum atomic E-state index is -0.514. The Bertz CT molecular complexity index is 1250. The Morgan fingerprint density at radius 2 is 1.89 bits per heavy atom. The Morgan fingerprint density at radius 3 is 2.58 bits per heavy atom. The number of pyridine rings is 1. The van der Waals surface area contributed by atoms with Crippen LogP contribution in [0.3, 0.4) is 0 Å². The molecule has 2 amide bonds. The van der Waals surface area contributed by atoms with Crippen molar-refractivity contribution in [2.24, 2.45) is 11.7 Å². The minimum Gasteiger partial charge on any atom is -0.384 e. The first kappa shape index (κ1) is 25.3. The molecule has 0 saturated carbocycles. The number of nitrogens with zero attached hydrogens (tertiary/aromatic N) is 2. The zero-order valence-corrected chi connectivity index (χ0v) is 20.6. The number of benzene rings is 2. The van der Waals surface area contributed by atoms with Crippen LogP contribution in [0.25, 0.3) is 11.1 Å². The van der Waals surface area contributed by atoms with Crippen LogP contribution in [0.15, 0.2) is 60.7 Å². The summed E-state index contributed by atoms with van der Waals surface area (Å²) in [5.41, 5.74) is 16.2. The molecule has 1 aliphatic rings. The fourth-order valence-electron chi connectivity index (χ4n) is 4.94. The van der Waals surface area contributed by atoms with Gasteiger partial charge >= 0.3 is 0 Å². The number of nitrogens with two attached hydrogens (primary N) is 2. The van der Waals surface area contributed by atoms with Gasteiger partial charge in [-0.2, -0.15) is 0 Å². The molecule has 5 N–H and O–H groups in total. The molecule has 1 fully saturated rings. The minimum absolute atomic E-state index is 0.170. The topological polar surface area (TPSA) is 114 Å². The second-order valence-corrected chi connectivity index (χ2v) is 9.50. The average Bonchev–Trinajstić information content (AvgIpc) is 3.27. The van der Waals surface area contributed by atoms with Gasteiger partial charge < -0.3 is 16.8 Å². The molecule has 3 atom stereocenters. The molecule has 1 aromatic heterocycles. The van der Waals surface area contributed by atoms with Gasteiger partial charge in [0, 0.05) is 18.8 Å². The molecule has 2 aromatic carbocycles. The molecule has 2 unspecified atom stereocenters. The van der Waals surface area contributed by atoms with E-state index >= 15 is 0 Å². The van der Waals surface area contributed by atoms with Crippen molar-refractivity contribution in [1.82, 2.24) is 15.2 Å². The number of halogens is 1. The zero-order chi connectivity index (χ0) is 25.8. The van der Waals surface area contributed by atoms with Gasteiger partial charge in [0.25, 0.3) is 0 Å². The molecular formula is C28H32FN5O2. The third kappa shape index (κ3) is 5.88. The molecule has 0 radical (unpaired) electrons. The summed E-state index contributed by atoms with van der Waals surface area (Å²) in [6.45, 7) is 4.57. The number of carbonyl (C=O) groups excluding carboxylic acids is 2. The van der Waals surface area contributed by atoms with Crippen LogP contribution < -0.4 is 16.8 Å². The molecular weight excluding hydrogens is 457 g/mol. The van der Waals surface area contributed by atoms with Gasteiger partial charge in [-0.3, -0.25) is 14.5 Å². The van der Waals surface area contributed by atoms with Crippen LogP contribution in [0.1, 0.15) is 30.2 Å². The molecule has 1 saturated heterocycles. The first-order chi connectivity index (χ1) is 17.2. The summed E-state index contributed by atoms with van der Waals surface area (Å²) < 4.78 is 13.3. The third-order valence-electron chi connectivity index (χ3n) is 6.93. The van der Waals surface area contributed by atoms with E-state index in [9.17, 15) is 14.0 Å². The molecule has 8 heteroatoms. The Kier molecular flexibility index (Phi) is 7.64. The maximum atomic E-state index is 13.3. The van der Waals surface area contributed by atoms with Crippen molar-refractivity contribution < 1.29 is 14.0 Å². The number of hydrogen-bond donors (Lipinski definition) is 3. The summed E-state index contributed by atoms with van der Waals surface area (Å²) in [5, 5.41) is 2.95. The molecule has 0 bridgehead atoms. The Hall–Kier alpha value is -3.78. The molecule has 4 rings (SSSR count). The van der Waals surface area contributed by atoms with E-state index in [2.05, 4.69) is 16.4 Å². The number of rotatable bonds is 8. The van der Waals surface area contributed by atoms with Crippen LogP contribution in [-0.4, -0.2) is 40.3 Å². The van der Waals surface area contributed by atoms with Crippen molar-refractivity contribution in [2.45, 2.75) is 45.3 Å². The molecule has 36 heavy (non-hydrogen) atoms. The number of aromatic nitrogens is 1. The van der Waals surface area contributed by atoms with Gasteiger partial charge in [-0.15, -0.1) is 0 Å². The van der Waals surface area contributed by atoms with Gasteiger partial charge in [-0.1, -0.05) is 42.5 Å². The lowest BCUT2D eigenvalue weighted by atomic mass is 9.94. The number of amides is 2. The fourth-order valence-corrected chi connectivity index (χ4v) is 4.94. The third-order valence-corrected chi connectivity index (χ3v) is 6.93. The van der Waals surface area contributed by atoms with E-state index in [1.807, 2.05) is 36.1 Å². The highest BCUT2D eigenvalue weighted by Crippen LogP contribution is 2.30. The molecule has 0 spiro atoms. The monoisotopic (exact) mass is 489 g/mol. The Morgan fingerprint density at radius 1 is 1.14 bits per heavy atom. The standard InChI is InChI=1S/C28H32FN5O2/c1-17-23(8-11-26(30)33-17)15-32-28(36)18(2)34-16-20(14-25(34)27(31)35)12-19-4-3-5-22(13-19)21-6-9-24(29)10-7-21/h3-11,13,18,20,25H,12,14-16H2,1-2H3,(H2,30,33)(H2,31,35)(H,32,36)/t18-,20?,25?/m0/s1. The molecule has 188 valence electrons. The SMILES string of the molecule is Cc1nc(N)ccc1CNC(=O)[C@H](C)N1CC(Cc2cccc(-c3ccc(F)cc3)c2)CC1C(N)=O. The van der Waals surface area contributed by atoms with E-state index in [0.29, 0.717) is 25.3 Å². The van der Waals surface area contributed by atoms with E-state index in [4.69, 9.17) is 11.5 Å². The summed E-state index contributed by atoms with van der Waals surface area (Å²) in [4.78, 5) is 31.4. The lowest BCUT2D eigenvalue weighted by Crippen LogP contribution is -2.51. The van der Waals surface area contributed by atoms with Crippen LogP contribution in [-0.2, 0) is 22.6 Å².